The lowest BCUT2D eigenvalue weighted by Gasteiger charge is -2.32. The third kappa shape index (κ3) is 6.86. The Morgan fingerprint density at radius 1 is 0.789 bits per heavy atom. The molecule has 0 saturated carbocycles. The van der Waals surface area contributed by atoms with Crippen molar-refractivity contribution in [3.05, 3.63) is 71.8 Å². The minimum absolute atomic E-state index is 0.0507. The monoisotopic (exact) mass is 519 g/mol. The molecule has 4 rings (SSSR count). The number of nitrogens with two attached hydrogens (primary N) is 1. The van der Waals surface area contributed by atoms with Crippen LogP contribution in [0.4, 0.5) is 0 Å². The van der Waals surface area contributed by atoms with Gasteiger partial charge in [0.1, 0.15) is 17.9 Å². The molecule has 0 unspecified atom stereocenters. The molecule has 8 nitrogen and oxygen atoms in total. The highest BCUT2D eigenvalue weighted by Gasteiger charge is 2.43. The molecule has 38 heavy (non-hydrogen) atoms. The van der Waals surface area contributed by atoms with Crippen molar-refractivity contribution in [3.8, 4) is 0 Å². The summed E-state index contributed by atoms with van der Waals surface area (Å²) < 4.78 is 0. The van der Waals surface area contributed by atoms with Crippen molar-refractivity contribution in [2.45, 2.75) is 69.5 Å². The number of benzene rings is 2. The van der Waals surface area contributed by atoms with Crippen LogP contribution in [0, 0.1) is 5.92 Å². The Hall–Kier alpha value is -3.52. The fraction of sp³-hybridized carbons (Fsp3) is 0.467. The highest BCUT2D eigenvalue weighted by atomic mass is 16.4. The third-order valence-electron chi connectivity index (χ3n) is 7.62. The molecule has 0 bridgehead atoms. The minimum atomic E-state index is -1.01. The molecule has 2 saturated heterocycles. The number of aliphatic carboxylic acids is 1. The largest absolute Gasteiger partial charge is 0.480 e. The van der Waals surface area contributed by atoms with Crippen molar-refractivity contribution in [2.75, 3.05) is 13.1 Å². The third-order valence-corrected chi connectivity index (χ3v) is 7.62. The molecule has 2 fully saturated rings. The van der Waals surface area contributed by atoms with Gasteiger partial charge in [0.2, 0.25) is 11.8 Å². The predicted molar refractivity (Wildman–Crippen MR) is 143 cm³/mol. The van der Waals surface area contributed by atoms with E-state index in [4.69, 9.17) is 5.73 Å². The predicted octanol–water partition coefficient (Wildman–Crippen LogP) is 2.83. The number of rotatable bonds is 11. The van der Waals surface area contributed by atoms with Crippen molar-refractivity contribution < 1.29 is 24.3 Å². The molecule has 0 radical (unpaired) electrons. The van der Waals surface area contributed by atoms with Crippen LogP contribution in [0.2, 0.25) is 0 Å². The van der Waals surface area contributed by atoms with Crippen LogP contribution in [-0.4, -0.2) is 69.7 Å². The highest BCUT2D eigenvalue weighted by Crippen LogP contribution is 2.28. The second-order valence-corrected chi connectivity index (χ2v) is 10.5. The number of carboxylic acid groups (broad SMARTS) is 1. The van der Waals surface area contributed by atoms with Gasteiger partial charge < -0.3 is 20.6 Å². The van der Waals surface area contributed by atoms with E-state index in [2.05, 4.69) is 0 Å². The van der Waals surface area contributed by atoms with Gasteiger partial charge in [0.15, 0.2) is 0 Å². The van der Waals surface area contributed by atoms with Gasteiger partial charge >= 0.3 is 5.97 Å². The summed E-state index contributed by atoms with van der Waals surface area (Å²) in [4.78, 5) is 55.0. The van der Waals surface area contributed by atoms with Crippen molar-refractivity contribution >= 4 is 23.6 Å². The summed E-state index contributed by atoms with van der Waals surface area (Å²) >= 11 is 0. The SMILES string of the molecule is N[C@H](CC(=O)C[C@@H](Cc1ccccc1)C(=O)N1CCC[C@@H]1C(=O)N1CCC[C@@H]1C(=O)O)Cc1ccccc1. The maximum Gasteiger partial charge on any atom is 0.326 e. The van der Waals surface area contributed by atoms with E-state index < -0.39 is 24.0 Å². The van der Waals surface area contributed by atoms with E-state index in [-0.39, 0.29) is 36.5 Å². The van der Waals surface area contributed by atoms with E-state index in [0.717, 1.165) is 11.1 Å². The summed E-state index contributed by atoms with van der Waals surface area (Å²) in [5, 5.41) is 9.54. The van der Waals surface area contributed by atoms with E-state index in [1.165, 1.54) is 4.90 Å². The van der Waals surface area contributed by atoms with Crippen molar-refractivity contribution in [2.24, 2.45) is 11.7 Å². The molecule has 4 atom stereocenters. The Kier molecular flexibility index (Phi) is 9.29. The first-order valence-corrected chi connectivity index (χ1v) is 13.5. The number of carboxylic acids is 1. The maximum atomic E-state index is 13.9. The van der Waals surface area contributed by atoms with Gasteiger partial charge in [0, 0.05) is 37.9 Å². The Balaban J connectivity index is 1.46. The fourth-order valence-corrected chi connectivity index (χ4v) is 5.79. The Morgan fingerprint density at radius 3 is 1.95 bits per heavy atom. The number of hydrogen-bond donors (Lipinski definition) is 2. The summed E-state index contributed by atoms with van der Waals surface area (Å²) in [5.41, 5.74) is 8.29. The van der Waals surface area contributed by atoms with Gasteiger partial charge in [-0.05, 0) is 49.7 Å². The zero-order valence-electron chi connectivity index (χ0n) is 21.7. The van der Waals surface area contributed by atoms with Gasteiger partial charge in [-0.1, -0.05) is 60.7 Å². The number of hydrogen-bond acceptors (Lipinski definition) is 5. The molecule has 2 aromatic carbocycles. The second kappa shape index (κ2) is 12.8. The average molecular weight is 520 g/mol. The number of carbonyl (C=O) groups excluding carboxylic acids is 3. The van der Waals surface area contributed by atoms with Crippen LogP contribution in [0.3, 0.4) is 0 Å². The number of nitrogens with zero attached hydrogens (tertiary/aromatic N) is 2. The lowest BCUT2D eigenvalue weighted by atomic mass is 9.90. The van der Waals surface area contributed by atoms with Gasteiger partial charge in [0.25, 0.3) is 0 Å². The summed E-state index contributed by atoms with van der Waals surface area (Å²) in [6, 6.07) is 17.5. The van der Waals surface area contributed by atoms with Crippen LogP contribution in [0.5, 0.6) is 0 Å². The van der Waals surface area contributed by atoms with Crippen molar-refractivity contribution in [3.63, 3.8) is 0 Å². The molecular formula is C30H37N3O5. The highest BCUT2D eigenvalue weighted by molar-refractivity contribution is 5.93. The molecule has 3 N–H and O–H groups in total. The maximum absolute atomic E-state index is 13.9. The van der Waals surface area contributed by atoms with Crippen LogP contribution in [0.15, 0.2) is 60.7 Å². The Morgan fingerprint density at radius 2 is 1.34 bits per heavy atom. The molecule has 202 valence electrons. The number of amides is 2. The molecule has 2 aliphatic rings. The van der Waals surface area contributed by atoms with Gasteiger partial charge in [0.05, 0.1) is 0 Å². The van der Waals surface area contributed by atoms with Gasteiger partial charge in [-0.25, -0.2) is 4.79 Å². The number of carbonyl (C=O) groups is 4. The molecule has 0 aliphatic carbocycles. The minimum Gasteiger partial charge on any atom is -0.480 e. The zero-order chi connectivity index (χ0) is 27.1. The molecule has 0 aromatic heterocycles. The van der Waals surface area contributed by atoms with E-state index in [0.29, 0.717) is 51.6 Å². The summed E-state index contributed by atoms with van der Waals surface area (Å²) in [7, 11) is 0. The lowest BCUT2D eigenvalue weighted by molar-refractivity contribution is -0.152. The first-order valence-electron chi connectivity index (χ1n) is 13.5. The molecule has 2 aliphatic heterocycles. The number of Topliss-reactive ketones (excluding diaryl/α,β-unsaturated/α-hetero) is 1. The standard InChI is InChI=1S/C30H37N3O5/c31-24(18-22-11-5-2-6-12-22)20-25(34)19-23(17-21-9-3-1-4-10-21)28(35)32-15-7-13-26(32)29(36)33-16-8-14-27(33)30(37)38/h1-6,9-12,23-24,26-27H,7-8,13-20,31H2,(H,37,38)/t23-,24+,26-,27-/m1/s1. The van der Waals surface area contributed by atoms with Crippen molar-refractivity contribution in [1.29, 1.82) is 0 Å². The topological polar surface area (TPSA) is 121 Å². The van der Waals surface area contributed by atoms with E-state index in [9.17, 15) is 24.3 Å². The molecule has 0 spiro atoms. The van der Waals surface area contributed by atoms with E-state index >= 15 is 0 Å². The smallest absolute Gasteiger partial charge is 0.326 e. The van der Waals surface area contributed by atoms with Crippen LogP contribution in [0.1, 0.15) is 49.7 Å². The number of ketones is 1. The first-order chi connectivity index (χ1) is 18.3. The van der Waals surface area contributed by atoms with Gasteiger partial charge in [-0.2, -0.15) is 0 Å². The molecule has 8 heteroatoms. The van der Waals surface area contributed by atoms with Crippen LogP contribution in [-0.2, 0) is 32.0 Å². The normalized spacial score (nSPS) is 20.8. The Labute approximate surface area is 223 Å². The number of likely N-dealkylation sites (tertiary alicyclic amines) is 2. The Bertz CT molecular complexity index is 1120. The molecule has 2 amide bonds. The second-order valence-electron chi connectivity index (χ2n) is 10.5. The summed E-state index contributed by atoms with van der Waals surface area (Å²) in [6.45, 7) is 0.813. The van der Waals surface area contributed by atoms with E-state index in [1.807, 2.05) is 60.7 Å². The molecular weight excluding hydrogens is 482 g/mol. The zero-order valence-corrected chi connectivity index (χ0v) is 21.7. The molecule has 2 aromatic rings. The van der Waals surface area contributed by atoms with Crippen LogP contribution >= 0.6 is 0 Å². The van der Waals surface area contributed by atoms with Crippen LogP contribution < -0.4 is 5.73 Å². The van der Waals surface area contributed by atoms with E-state index in [1.54, 1.807) is 4.90 Å². The van der Waals surface area contributed by atoms with Crippen LogP contribution in [0.25, 0.3) is 0 Å². The molecule has 2 heterocycles. The first kappa shape index (κ1) is 27.5. The summed E-state index contributed by atoms with van der Waals surface area (Å²) in [6.07, 6.45) is 3.42. The quantitative estimate of drug-likeness (QED) is 0.471. The summed E-state index contributed by atoms with van der Waals surface area (Å²) in [5.74, 6) is -2.21. The van der Waals surface area contributed by atoms with Gasteiger partial charge in [-0.15, -0.1) is 0 Å². The average Bonchev–Trinajstić information content (AvgIpc) is 3.59. The fourth-order valence-electron chi connectivity index (χ4n) is 5.79. The van der Waals surface area contributed by atoms with Gasteiger partial charge in [-0.3, -0.25) is 14.4 Å². The lowest BCUT2D eigenvalue weighted by Crippen LogP contribution is -2.52. The van der Waals surface area contributed by atoms with Crippen molar-refractivity contribution in [1.82, 2.24) is 9.80 Å².